The Bertz CT molecular complexity index is 391. The molecule has 1 unspecified atom stereocenters. The van der Waals surface area contributed by atoms with Crippen LogP contribution in [0.1, 0.15) is 18.4 Å². The number of amides is 1. The Hall–Kier alpha value is -1.03. The van der Waals surface area contributed by atoms with E-state index in [0.717, 1.165) is 30.3 Å². The van der Waals surface area contributed by atoms with E-state index in [4.69, 9.17) is 4.74 Å². The largest absolute Gasteiger partial charge is 0.453 e. The minimum Gasteiger partial charge on any atom is -0.453 e. The highest BCUT2D eigenvalue weighted by atomic mass is 79.9. The van der Waals surface area contributed by atoms with Crippen molar-refractivity contribution in [3.05, 3.63) is 34.3 Å². The van der Waals surface area contributed by atoms with Crippen LogP contribution >= 0.6 is 15.9 Å². The Morgan fingerprint density at radius 3 is 2.82 bits per heavy atom. The summed E-state index contributed by atoms with van der Waals surface area (Å²) in [5, 5.41) is 0. The van der Waals surface area contributed by atoms with Crippen LogP contribution in [0, 0.1) is 0 Å². The molecular formula is C13H16BrNO2. The number of methoxy groups -OCH3 is 1. The number of ether oxygens (including phenoxy) is 1. The molecule has 1 fully saturated rings. The van der Waals surface area contributed by atoms with Crippen molar-refractivity contribution in [1.82, 2.24) is 4.90 Å². The highest BCUT2D eigenvalue weighted by molar-refractivity contribution is 9.10. The van der Waals surface area contributed by atoms with Crippen molar-refractivity contribution in [3.8, 4) is 0 Å². The maximum absolute atomic E-state index is 11.6. The molecule has 4 heteroatoms. The molecule has 92 valence electrons. The Morgan fingerprint density at radius 1 is 1.47 bits per heavy atom. The SMILES string of the molecule is COC(=O)N1CCCC1Cc1ccc(Br)cc1. The van der Waals surface area contributed by atoms with Gasteiger partial charge in [-0.2, -0.15) is 0 Å². The number of carbonyl (C=O) groups excluding carboxylic acids is 1. The lowest BCUT2D eigenvalue weighted by Gasteiger charge is -2.23. The van der Waals surface area contributed by atoms with Gasteiger partial charge in [0.05, 0.1) is 7.11 Å². The third kappa shape index (κ3) is 3.00. The minimum absolute atomic E-state index is 0.204. The molecule has 1 atom stereocenters. The predicted molar refractivity (Wildman–Crippen MR) is 70.0 cm³/mol. The second-order valence-corrected chi connectivity index (χ2v) is 5.21. The van der Waals surface area contributed by atoms with E-state index < -0.39 is 0 Å². The molecule has 1 aliphatic heterocycles. The molecule has 0 aliphatic carbocycles. The summed E-state index contributed by atoms with van der Waals surface area (Å²) in [6, 6.07) is 8.54. The van der Waals surface area contributed by atoms with Gasteiger partial charge in [-0.25, -0.2) is 4.79 Å². The molecule has 1 saturated heterocycles. The third-order valence-electron chi connectivity index (χ3n) is 3.17. The van der Waals surface area contributed by atoms with Gasteiger partial charge >= 0.3 is 6.09 Å². The molecule has 0 saturated carbocycles. The second kappa shape index (κ2) is 5.54. The number of nitrogens with zero attached hydrogens (tertiary/aromatic N) is 1. The number of halogens is 1. The van der Waals surface area contributed by atoms with Gasteiger partial charge in [0.1, 0.15) is 0 Å². The van der Waals surface area contributed by atoms with Crippen LogP contribution in [-0.2, 0) is 11.2 Å². The van der Waals surface area contributed by atoms with E-state index in [0.29, 0.717) is 0 Å². The van der Waals surface area contributed by atoms with Crippen molar-refractivity contribution in [3.63, 3.8) is 0 Å². The molecule has 1 amide bonds. The topological polar surface area (TPSA) is 29.5 Å². The van der Waals surface area contributed by atoms with E-state index in [1.54, 1.807) is 0 Å². The first kappa shape index (κ1) is 12.4. The number of benzene rings is 1. The van der Waals surface area contributed by atoms with Gasteiger partial charge in [-0.1, -0.05) is 28.1 Å². The van der Waals surface area contributed by atoms with E-state index in [2.05, 4.69) is 28.1 Å². The number of hydrogen-bond donors (Lipinski definition) is 0. The maximum atomic E-state index is 11.6. The van der Waals surface area contributed by atoms with Crippen LogP contribution < -0.4 is 0 Å². The number of likely N-dealkylation sites (tertiary alicyclic amines) is 1. The quantitative estimate of drug-likeness (QED) is 0.839. The van der Waals surface area contributed by atoms with Crippen LogP contribution in [0.3, 0.4) is 0 Å². The molecule has 17 heavy (non-hydrogen) atoms. The summed E-state index contributed by atoms with van der Waals surface area (Å²) in [7, 11) is 1.44. The summed E-state index contributed by atoms with van der Waals surface area (Å²) in [5.74, 6) is 0. The normalized spacial score (nSPS) is 19.4. The lowest BCUT2D eigenvalue weighted by atomic mass is 10.0. The van der Waals surface area contributed by atoms with E-state index in [1.807, 2.05) is 17.0 Å². The molecule has 0 spiro atoms. The molecule has 2 rings (SSSR count). The third-order valence-corrected chi connectivity index (χ3v) is 3.70. The standard InChI is InChI=1S/C13H16BrNO2/c1-17-13(16)15-8-2-3-12(15)9-10-4-6-11(14)7-5-10/h4-7,12H,2-3,8-9H2,1H3. The van der Waals surface area contributed by atoms with Gasteiger partial charge in [-0.05, 0) is 37.0 Å². The smallest absolute Gasteiger partial charge is 0.409 e. The summed E-state index contributed by atoms with van der Waals surface area (Å²) in [6.07, 6.45) is 2.83. The van der Waals surface area contributed by atoms with Gasteiger partial charge in [0, 0.05) is 17.1 Å². The zero-order valence-corrected chi connectivity index (χ0v) is 11.4. The average molecular weight is 298 g/mol. The second-order valence-electron chi connectivity index (χ2n) is 4.29. The lowest BCUT2D eigenvalue weighted by molar-refractivity contribution is 0.119. The Kier molecular flexibility index (Phi) is 4.05. The van der Waals surface area contributed by atoms with Crippen molar-refractivity contribution in [1.29, 1.82) is 0 Å². The van der Waals surface area contributed by atoms with Crippen molar-refractivity contribution in [2.75, 3.05) is 13.7 Å². The average Bonchev–Trinajstić information content (AvgIpc) is 2.79. The van der Waals surface area contributed by atoms with Crippen molar-refractivity contribution in [2.45, 2.75) is 25.3 Å². The van der Waals surface area contributed by atoms with Gasteiger partial charge < -0.3 is 9.64 Å². The van der Waals surface area contributed by atoms with Crippen molar-refractivity contribution in [2.24, 2.45) is 0 Å². The summed E-state index contributed by atoms with van der Waals surface area (Å²) >= 11 is 3.42. The van der Waals surface area contributed by atoms with Gasteiger partial charge in [-0.15, -0.1) is 0 Å². The van der Waals surface area contributed by atoms with Gasteiger partial charge in [0.25, 0.3) is 0 Å². The van der Waals surface area contributed by atoms with E-state index in [9.17, 15) is 4.79 Å². The van der Waals surface area contributed by atoms with Crippen LogP contribution in [-0.4, -0.2) is 30.7 Å². The van der Waals surface area contributed by atoms with Crippen LogP contribution in [0.15, 0.2) is 28.7 Å². The highest BCUT2D eigenvalue weighted by Gasteiger charge is 2.29. The molecule has 1 aliphatic rings. The molecule has 0 N–H and O–H groups in total. The van der Waals surface area contributed by atoms with Gasteiger partial charge in [0.2, 0.25) is 0 Å². The van der Waals surface area contributed by atoms with Crippen molar-refractivity contribution < 1.29 is 9.53 Å². The number of rotatable bonds is 2. The van der Waals surface area contributed by atoms with Gasteiger partial charge in [0.15, 0.2) is 0 Å². The van der Waals surface area contributed by atoms with Crippen LogP contribution in [0.2, 0.25) is 0 Å². The molecule has 0 bridgehead atoms. The maximum Gasteiger partial charge on any atom is 0.409 e. The summed E-state index contributed by atoms with van der Waals surface area (Å²) in [4.78, 5) is 13.4. The zero-order valence-electron chi connectivity index (χ0n) is 9.86. The van der Waals surface area contributed by atoms with E-state index >= 15 is 0 Å². The molecule has 0 aromatic heterocycles. The fraction of sp³-hybridized carbons (Fsp3) is 0.462. The summed E-state index contributed by atoms with van der Waals surface area (Å²) < 4.78 is 5.88. The number of hydrogen-bond acceptors (Lipinski definition) is 2. The fourth-order valence-corrected chi connectivity index (χ4v) is 2.56. The lowest BCUT2D eigenvalue weighted by Crippen LogP contribution is -2.36. The first-order valence-electron chi connectivity index (χ1n) is 5.79. The fourth-order valence-electron chi connectivity index (χ4n) is 2.30. The first-order valence-corrected chi connectivity index (χ1v) is 6.59. The highest BCUT2D eigenvalue weighted by Crippen LogP contribution is 2.22. The Labute approximate surface area is 110 Å². The Balaban J connectivity index is 2.02. The first-order chi connectivity index (χ1) is 8.20. The minimum atomic E-state index is -0.204. The predicted octanol–water partition coefficient (Wildman–Crippen LogP) is 3.22. The van der Waals surface area contributed by atoms with Gasteiger partial charge in [-0.3, -0.25) is 0 Å². The van der Waals surface area contributed by atoms with E-state index in [-0.39, 0.29) is 12.1 Å². The molecule has 1 heterocycles. The summed E-state index contributed by atoms with van der Waals surface area (Å²) in [6.45, 7) is 0.813. The summed E-state index contributed by atoms with van der Waals surface area (Å²) in [5.41, 5.74) is 1.26. The van der Waals surface area contributed by atoms with Crippen LogP contribution in [0.5, 0.6) is 0 Å². The number of carbonyl (C=O) groups is 1. The van der Waals surface area contributed by atoms with Crippen LogP contribution in [0.4, 0.5) is 4.79 Å². The Morgan fingerprint density at radius 2 is 2.18 bits per heavy atom. The van der Waals surface area contributed by atoms with E-state index in [1.165, 1.54) is 12.7 Å². The van der Waals surface area contributed by atoms with Crippen LogP contribution in [0.25, 0.3) is 0 Å². The molecule has 1 aromatic carbocycles. The molecule has 3 nitrogen and oxygen atoms in total. The monoisotopic (exact) mass is 297 g/mol. The van der Waals surface area contributed by atoms with Crippen molar-refractivity contribution >= 4 is 22.0 Å². The molecular weight excluding hydrogens is 282 g/mol. The molecule has 0 radical (unpaired) electrons. The molecule has 1 aromatic rings. The zero-order chi connectivity index (χ0) is 12.3.